The molecule has 2 fully saturated rings. The van der Waals surface area contributed by atoms with Gasteiger partial charge in [-0.1, -0.05) is 56.7 Å². The van der Waals surface area contributed by atoms with E-state index in [0.717, 1.165) is 12.8 Å². The summed E-state index contributed by atoms with van der Waals surface area (Å²) in [6.07, 6.45) is 11.3. The molecule has 0 saturated heterocycles. The molecular weight excluding hydrogens is 256 g/mol. The first-order valence-electron chi connectivity index (χ1n) is 8.45. The first-order chi connectivity index (χ1) is 9.87. The van der Waals surface area contributed by atoms with Crippen molar-refractivity contribution in [3.05, 3.63) is 36.5 Å². The Hall–Kier alpha value is -0.820. The van der Waals surface area contributed by atoms with Crippen LogP contribution in [0.2, 0.25) is 0 Å². The molecule has 2 saturated carbocycles. The van der Waals surface area contributed by atoms with Crippen LogP contribution in [0, 0.1) is 22.7 Å². The van der Waals surface area contributed by atoms with Crippen molar-refractivity contribution in [3.63, 3.8) is 0 Å². The van der Waals surface area contributed by atoms with Gasteiger partial charge in [0, 0.05) is 6.61 Å². The third kappa shape index (κ3) is 2.90. The highest BCUT2D eigenvalue weighted by Crippen LogP contribution is 2.61. The molecule has 1 N–H and O–H groups in total. The fourth-order valence-electron chi connectivity index (χ4n) is 5.10. The van der Waals surface area contributed by atoms with Crippen molar-refractivity contribution < 1.29 is 5.11 Å². The van der Waals surface area contributed by atoms with Crippen molar-refractivity contribution in [2.45, 2.75) is 59.3 Å². The summed E-state index contributed by atoms with van der Waals surface area (Å²) in [7, 11) is 0. The molecule has 2 aliphatic carbocycles. The van der Waals surface area contributed by atoms with Crippen LogP contribution in [0.4, 0.5) is 0 Å². The molecule has 0 aliphatic heterocycles. The largest absolute Gasteiger partial charge is 0.396 e. The molecule has 0 radical (unpaired) electrons. The second-order valence-corrected chi connectivity index (χ2v) is 7.86. The number of allylic oxidation sites excluding steroid dienone is 4. The average molecular weight is 288 g/mol. The zero-order valence-electron chi connectivity index (χ0n) is 14.1. The molecule has 1 nitrogen and oxygen atoms in total. The lowest BCUT2D eigenvalue weighted by atomic mass is 9.47. The van der Waals surface area contributed by atoms with Crippen LogP contribution < -0.4 is 0 Å². The SMILES string of the molecule is C=C/C(C)=C/C[C@H]1C(=C)CC[C@H]2[C@](C)(CO)CCC[C@]12C. The van der Waals surface area contributed by atoms with Gasteiger partial charge in [0.15, 0.2) is 0 Å². The Bertz CT molecular complexity index is 447. The van der Waals surface area contributed by atoms with Crippen LogP contribution in [0.3, 0.4) is 0 Å². The molecular formula is C20H32O. The molecule has 0 spiro atoms. The smallest absolute Gasteiger partial charge is 0.0487 e. The van der Waals surface area contributed by atoms with Gasteiger partial charge in [0.2, 0.25) is 0 Å². The minimum atomic E-state index is 0.100. The van der Waals surface area contributed by atoms with Crippen molar-refractivity contribution in [2.75, 3.05) is 6.61 Å². The molecule has 0 aromatic rings. The van der Waals surface area contributed by atoms with Crippen molar-refractivity contribution in [3.8, 4) is 0 Å². The molecule has 0 heterocycles. The molecule has 21 heavy (non-hydrogen) atoms. The van der Waals surface area contributed by atoms with Crippen LogP contribution in [-0.2, 0) is 0 Å². The van der Waals surface area contributed by atoms with Gasteiger partial charge in [-0.15, -0.1) is 0 Å². The van der Waals surface area contributed by atoms with E-state index in [1.807, 2.05) is 6.08 Å². The summed E-state index contributed by atoms with van der Waals surface area (Å²) >= 11 is 0. The summed E-state index contributed by atoms with van der Waals surface area (Å²) in [4.78, 5) is 0. The Balaban J connectivity index is 2.31. The van der Waals surface area contributed by atoms with Crippen LogP contribution in [0.15, 0.2) is 36.5 Å². The van der Waals surface area contributed by atoms with Gasteiger partial charge < -0.3 is 5.11 Å². The average Bonchev–Trinajstić information content (AvgIpc) is 2.45. The zero-order valence-corrected chi connectivity index (χ0v) is 14.1. The topological polar surface area (TPSA) is 20.2 Å². The van der Waals surface area contributed by atoms with Gasteiger partial charge >= 0.3 is 0 Å². The Morgan fingerprint density at radius 2 is 2.10 bits per heavy atom. The summed E-state index contributed by atoms with van der Waals surface area (Å²) in [5.74, 6) is 1.18. The summed E-state index contributed by atoms with van der Waals surface area (Å²) in [5.41, 5.74) is 3.07. The highest BCUT2D eigenvalue weighted by molar-refractivity contribution is 5.20. The van der Waals surface area contributed by atoms with Crippen molar-refractivity contribution in [1.29, 1.82) is 0 Å². The van der Waals surface area contributed by atoms with E-state index in [-0.39, 0.29) is 5.41 Å². The summed E-state index contributed by atoms with van der Waals surface area (Å²) in [6, 6.07) is 0. The molecule has 0 amide bonds. The van der Waals surface area contributed by atoms with Crippen LogP contribution in [-0.4, -0.2) is 11.7 Å². The second kappa shape index (κ2) is 6.12. The van der Waals surface area contributed by atoms with Gasteiger partial charge in [-0.3, -0.25) is 0 Å². The number of aliphatic hydroxyl groups is 1. The lowest BCUT2D eigenvalue weighted by molar-refractivity contribution is -0.0837. The van der Waals surface area contributed by atoms with Crippen molar-refractivity contribution >= 4 is 0 Å². The van der Waals surface area contributed by atoms with E-state index in [4.69, 9.17) is 0 Å². The summed E-state index contributed by atoms with van der Waals surface area (Å²) in [6.45, 7) is 15.4. The number of aliphatic hydroxyl groups excluding tert-OH is 1. The third-order valence-electron chi connectivity index (χ3n) is 6.50. The van der Waals surface area contributed by atoms with E-state index >= 15 is 0 Å². The van der Waals surface area contributed by atoms with Gasteiger partial charge in [-0.05, 0) is 61.7 Å². The molecule has 0 aromatic heterocycles. The van der Waals surface area contributed by atoms with Gasteiger partial charge in [0.1, 0.15) is 0 Å². The lowest BCUT2D eigenvalue weighted by Crippen LogP contribution is -2.51. The number of rotatable bonds is 4. The van der Waals surface area contributed by atoms with Crippen LogP contribution in [0.5, 0.6) is 0 Å². The Morgan fingerprint density at radius 1 is 1.38 bits per heavy atom. The first-order valence-corrected chi connectivity index (χ1v) is 8.45. The molecule has 1 heteroatoms. The van der Waals surface area contributed by atoms with Gasteiger partial charge in [0.25, 0.3) is 0 Å². The van der Waals surface area contributed by atoms with E-state index in [1.54, 1.807) is 0 Å². The number of hydrogen-bond donors (Lipinski definition) is 1. The highest BCUT2D eigenvalue weighted by atomic mass is 16.3. The highest BCUT2D eigenvalue weighted by Gasteiger charge is 2.53. The molecule has 0 aromatic carbocycles. The maximum absolute atomic E-state index is 9.96. The number of hydrogen-bond acceptors (Lipinski definition) is 1. The minimum absolute atomic E-state index is 0.100. The van der Waals surface area contributed by atoms with Crippen LogP contribution in [0.25, 0.3) is 0 Å². The Kier molecular flexibility index (Phi) is 4.82. The quantitative estimate of drug-likeness (QED) is 0.551. The van der Waals surface area contributed by atoms with Crippen molar-refractivity contribution in [1.82, 2.24) is 0 Å². The third-order valence-corrected chi connectivity index (χ3v) is 6.50. The van der Waals surface area contributed by atoms with E-state index < -0.39 is 0 Å². The molecule has 2 aliphatic rings. The van der Waals surface area contributed by atoms with Gasteiger partial charge in [-0.25, -0.2) is 0 Å². The van der Waals surface area contributed by atoms with Crippen LogP contribution >= 0.6 is 0 Å². The minimum Gasteiger partial charge on any atom is -0.396 e. The predicted molar refractivity (Wildman–Crippen MR) is 91.1 cm³/mol. The maximum atomic E-state index is 9.96. The van der Waals surface area contributed by atoms with Crippen molar-refractivity contribution in [2.24, 2.45) is 22.7 Å². The standard InChI is InChI=1S/C20H32O/c1-6-15(2)8-10-17-16(3)9-11-18-19(4,14-21)12-7-13-20(17,18)5/h6,8,17-18,21H,1,3,7,9-14H2,2,4-5H3/b15-8+/t17-,18-,19-,20+/m0/s1. The van der Waals surface area contributed by atoms with E-state index in [2.05, 4.69) is 40.0 Å². The zero-order chi connectivity index (χ0) is 15.7. The van der Waals surface area contributed by atoms with E-state index in [9.17, 15) is 5.11 Å². The normalized spacial score (nSPS) is 40.8. The Morgan fingerprint density at radius 3 is 2.71 bits per heavy atom. The summed E-state index contributed by atoms with van der Waals surface area (Å²) in [5, 5.41) is 9.96. The maximum Gasteiger partial charge on any atom is 0.0487 e. The predicted octanol–water partition coefficient (Wildman–Crippen LogP) is 5.28. The molecule has 4 atom stereocenters. The van der Waals surface area contributed by atoms with E-state index in [0.29, 0.717) is 23.9 Å². The first kappa shape index (κ1) is 16.5. The molecule has 118 valence electrons. The van der Waals surface area contributed by atoms with Crippen LogP contribution in [0.1, 0.15) is 59.3 Å². The monoisotopic (exact) mass is 288 g/mol. The molecule has 0 bridgehead atoms. The van der Waals surface area contributed by atoms with Gasteiger partial charge in [-0.2, -0.15) is 0 Å². The second-order valence-electron chi connectivity index (χ2n) is 7.86. The Labute approximate surface area is 130 Å². The van der Waals surface area contributed by atoms with E-state index in [1.165, 1.54) is 36.8 Å². The van der Waals surface area contributed by atoms with Gasteiger partial charge in [0.05, 0.1) is 0 Å². The molecule has 0 unspecified atom stereocenters. The number of fused-ring (bicyclic) bond motifs is 1. The fraction of sp³-hybridized carbons (Fsp3) is 0.700. The fourth-order valence-corrected chi connectivity index (χ4v) is 5.10. The summed E-state index contributed by atoms with van der Waals surface area (Å²) < 4.78 is 0. The molecule has 2 rings (SSSR count). The lowest BCUT2D eigenvalue weighted by Gasteiger charge is -2.58.